The van der Waals surface area contributed by atoms with Gasteiger partial charge in [0.1, 0.15) is 35.6 Å². The summed E-state index contributed by atoms with van der Waals surface area (Å²) in [5.74, 6) is -1.24. The molecule has 2 saturated heterocycles. The molecule has 4 atom stereocenters. The Labute approximate surface area is 185 Å². The molecule has 3 heterocycles. The van der Waals surface area contributed by atoms with E-state index in [0.29, 0.717) is 31.1 Å². The average molecular weight is 504 g/mol. The molecule has 0 saturated carbocycles. The summed E-state index contributed by atoms with van der Waals surface area (Å²) in [6.07, 6.45) is -2.11. The zero-order valence-corrected chi connectivity index (χ0v) is 18.8. The van der Waals surface area contributed by atoms with Gasteiger partial charge in [-0.2, -0.15) is 5.26 Å². The summed E-state index contributed by atoms with van der Waals surface area (Å²) in [6.45, 7) is 4.98. The lowest BCUT2D eigenvalue weighted by Gasteiger charge is -2.25. The van der Waals surface area contributed by atoms with E-state index in [1.54, 1.807) is 16.7 Å². The highest BCUT2D eigenvalue weighted by Crippen LogP contribution is 2.47. The highest BCUT2D eigenvalue weighted by molar-refractivity contribution is 9.10. The molecule has 7 nitrogen and oxygen atoms in total. The lowest BCUT2D eigenvalue weighted by Crippen LogP contribution is -2.33. The number of benzene rings is 1. The van der Waals surface area contributed by atoms with Gasteiger partial charge < -0.3 is 23.5 Å². The van der Waals surface area contributed by atoms with E-state index in [4.69, 9.17) is 42.1 Å². The van der Waals surface area contributed by atoms with Crippen LogP contribution in [0, 0.1) is 11.3 Å². The van der Waals surface area contributed by atoms with Crippen LogP contribution in [0.5, 0.6) is 0 Å². The van der Waals surface area contributed by atoms with Crippen LogP contribution in [0.15, 0.2) is 16.7 Å². The van der Waals surface area contributed by atoms with Crippen LogP contribution in [-0.2, 0) is 23.7 Å². The molecule has 2 fully saturated rings. The molecule has 0 radical (unpaired) electrons. The smallest absolute Gasteiger partial charge is 0.302 e. The SMILES string of the molecule is CC(=O)OC[C@H]1O[C@@H](n2c(Br)c(C#N)c3cc(Cl)c(Cl)cc32)C2OC(C)(C)OC21. The van der Waals surface area contributed by atoms with E-state index < -0.39 is 36.3 Å². The van der Waals surface area contributed by atoms with E-state index in [-0.39, 0.29) is 6.61 Å². The maximum absolute atomic E-state index is 11.3. The molecule has 0 spiro atoms. The quantitative estimate of drug-likeness (QED) is 0.571. The van der Waals surface area contributed by atoms with E-state index in [2.05, 4.69) is 22.0 Å². The van der Waals surface area contributed by atoms with Crippen LogP contribution < -0.4 is 0 Å². The minimum absolute atomic E-state index is 0.0287. The molecule has 1 aromatic heterocycles. The van der Waals surface area contributed by atoms with Crippen LogP contribution in [0.25, 0.3) is 10.9 Å². The second-order valence-corrected chi connectivity index (χ2v) is 8.93. The lowest BCUT2D eigenvalue weighted by molar-refractivity contribution is -0.202. The molecule has 2 unspecified atom stereocenters. The number of nitriles is 1. The summed E-state index contributed by atoms with van der Waals surface area (Å²) >= 11 is 15.9. The van der Waals surface area contributed by atoms with Gasteiger partial charge in [-0.25, -0.2) is 0 Å². The van der Waals surface area contributed by atoms with Gasteiger partial charge in [-0.15, -0.1) is 0 Å². The van der Waals surface area contributed by atoms with Crippen LogP contribution in [0.3, 0.4) is 0 Å². The summed E-state index contributed by atoms with van der Waals surface area (Å²) < 4.78 is 25.8. The van der Waals surface area contributed by atoms with E-state index >= 15 is 0 Å². The largest absolute Gasteiger partial charge is 0.463 e. The molecule has 154 valence electrons. The van der Waals surface area contributed by atoms with Gasteiger partial charge in [-0.05, 0) is 41.9 Å². The van der Waals surface area contributed by atoms with Crippen molar-refractivity contribution < 1.29 is 23.7 Å². The number of nitrogens with zero attached hydrogens (tertiary/aromatic N) is 2. The van der Waals surface area contributed by atoms with Gasteiger partial charge in [-0.1, -0.05) is 23.2 Å². The van der Waals surface area contributed by atoms with Crippen molar-refractivity contribution in [3.63, 3.8) is 0 Å². The Kier molecular flexibility index (Phi) is 5.35. The molecule has 2 aliphatic rings. The number of fused-ring (bicyclic) bond motifs is 2. The number of hydrogen-bond acceptors (Lipinski definition) is 6. The molecule has 0 N–H and O–H groups in total. The van der Waals surface area contributed by atoms with Crippen molar-refractivity contribution in [1.29, 1.82) is 5.26 Å². The summed E-state index contributed by atoms with van der Waals surface area (Å²) in [6, 6.07) is 5.52. The van der Waals surface area contributed by atoms with Gasteiger partial charge in [-0.3, -0.25) is 4.79 Å². The van der Waals surface area contributed by atoms with E-state index in [0.717, 1.165) is 0 Å². The van der Waals surface area contributed by atoms with Gasteiger partial charge in [0.05, 0.1) is 21.1 Å². The molecule has 0 amide bonds. The van der Waals surface area contributed by atoms with Crippen molar-refractivity contribution in [2.45, 2.75) is 51.1 Å². The fourth-order valence-electron chi connectivity index (χ4n) is 3.83. The summed E-state index contributed by atoms with van der Waals surface area (Å²) in [7, 11) is 0. The van der Waals surface area contributed by atoms with Gasteiger partial charge in [0.25, 0.3) is 0 Å². The van der Waals surface area contributed by atoms with Crippen molar-refractivity contribution in [3.05, 3.63) is 32.3 Å². The number of rotatable bonds is 3. The number of hydrogen-bond donors (Lipinski definition) is 0. The summed E-state index contributed by atoms with van der Waals surface area (Å²) in [4.78, 5) is 11.3. The molecule has 1 aromatic carbocycles. The van der Waals surface area contributed by atoms with Gasteiger partial charge in [0.15, 0.2) is 12.0 Å². The second-order valence-electron chi connectivity index (χ2n) is 7.36. The van der Waals surface area contributed by atoms with E-state index in [9.17, 15) is 10.1 Å². The topological polar surface area (TPSA) is 82.7 Å². The molecule has 2 aliphatic heterocycles. The number of aromatic nitrogens is 1. The zero-order valence-electron chi connectivity index (χ0n) is 15.7. The third-order valence-corrected chi connectivity index (χ3v) is 6.43. The summed E-state index contributed by atoms with van der Waals surface area (Å²) in [5.41, 5.74) is 1.06. The molecule has 2 aromatic rings. The van der Waals surface area contributed by atoms with Gasteiger partial charge >= 0.3 is 5.97 Å². The standard InChI is InChI=1S/C19H17BrCl2N2O5/c1-8(25)26-7-14-15-16(29-19(2,3)28-15)18(27-14)24-13-5-12(22)11(21)4-9(13)10(6-23)17(24)20/h4-5,14-16,18H,7H2,1-3H3/t14-,15?,16?,18-/m1/s1. The minimum Gasteiger partial charge on any atom is -0.463 e. The minimum atomic E-state index is -0.833. The predicted molar refractivity (Wildman–Crippen MR) is 109 cm³/mol. The summed E-state index contributed by atoms with van der Waals surface area (Å²) in [5, 5.41) is 11.0. The van der Waals surface area contributed by atoms with Crippen molar-refractivity contribution >= 4 is 56.0 Å². The Morgan fingerprint density at radius 3 is 2.62 bits per heavy atom. The lowest BCUT2D eigenvalue weighted by atomic mass is 10.1. The Morgan fingerprint density at radius 2 is 1.97 bits per heavy atom. The van der Waals surface area contributed by atoms with Crippen LogP contribution in [0.4, 0.5) is 0 Å². The van der Waals surface area contributed by atoms with E-state index in [1.807, 2.05) is 13.8 Å². The number of ether oxygens (including phenoxy) is 4. The number of esters is 1. The molecular formula is C19H17BrCl2N2O5. The predicted octanol–water partition coefficient (Wildman–Crippen LogP) is 4.56. The fraction of sp³-hybridized carbons (Fsp3) is 0.474. The molecule has 10 heteroatoms. The van der Waals surface area contributed by atoms with Gasteiger partial charge in [0, 0.05) is 12.3 Å². The first kappa shape index (κ1) is 20.9. The second kappa shape index (κ2) is 7.41. The van der Waals surface area contributed by atoms with Crippen LogP contribution in [-0.4, -0.2) is 41.2 Å². The maximum atomic E-state index is 11.3. The Balaban J connectivity index is 1.82. The van der Waals surface area contributed by atoms with Crippen LogP contribution in [0.2, 0.25) is 10.0 Å². The Hall–Kier alpha value is -1.34. The Bertz CT molecular complexity index is 1050. The first-order valence-corrected chi connectivity index (χ1v) is 10.4. The van der Waals surface area contributed by atoms with Gasteiger partial charge in [0.2, 0.25) is 0 Å². The van der Waals surface area contributed by atoms with Crippen molar-refractivity contribution in [2.24, 2.45) is 0 Å². The Morgan fingerprint density at radius 1 is 1.31 bits per heavy atom. The normalized spacial score (nSPS) is 27.8. The van der Waals surface area contributed by atoms with E-state index in [1.165, 1.54) is 6.92 Å². The third kappa shape index (κ3) is 3.54. The highest BCUT2D eigenvalue weighted by atomic mass is 79.9. The van der Waals surface area contributed by atoms with Crippen molar-refractivity contribution in [2.75, 3.05) is 6.61 Å². The monoisotopic (exact) mass is 502 g/mol. The fourth-order valence-corrected chi connectivity index (χ4v) is 4.85. The maximum Gasteiger partial charge on any atom is 0.302 e. The average Bonchev–Trinajstić information content (AvgIpc) is 3.20. The van der Waals surface area contributed by atoms with Crippen LogP contribution >= 0.6 is 39.1 Å². The number of carbonyl (C=O) groups is 1. The molecule has 0 bridgehead atoms. The highest BCUT2D eigenvalue weighted by Gasteiger charge is 2.56. The molecule has 29 heavy (non-hydrogen) atoms. The molecule has 0 aliphatic carbocycles. The van der Waals surface area contributed by atoms with Crippen LogP contribution in [0.1, 0.15) is 32.6 Å². The zero-order chi connectivity index (χ0) is 21.1. The van der Waals surface area contributed by atoms with Crippen molar-refractivity contribution in [1.82, 2.24) is 4.57 Å². The first-order chi connectivity index (χ1) is 13.6. The number of halogens is 3. The third-order valence-electron chi connectivity index (χ3n) is 4.93. The number of carbonyl (C=O) groups excluding carboxylic acids is 1. The first-order valence-electron chi connectivity index (χ1n) is 8.86. The molecular weight excluding hydrogens is 487 g/mol. The molecule has 4 rings (SSSR count). The van der Waals surface area contributed by atoms with Crippen molar-refractivity contribution in [3.8, 4) is 6.07 Å².